The molecule has 0 bridgehead atoms. The predicted octanol–water partition coefficient (Wildman–Crippen LogP) is 6.09. The molecular weight excluding hydrogens is 520 g/mol. The van der Waals surface area contributed by atoms with Gasteiger partial charge in [0.2, 0.25) is 0 Å². The number of allylic oxidation sites excluding steroid dienone is 1. The Morgan fingerprint density at radius 3 is 2.49 bits per heavy atom. The van der Waals surface area contributed by atoms with Crippen molar-refractivity contribution >= 4 is 18.0 Å². The van der Waals surface area contributed by atoms with Gasteiger partial charge in [-0.2, -0.15) is 0 Å². The summed E-state index contributed by atoms with van der Waals surface area (Å²) in [6.07, 6.45) is 11.4. The fourth-order valence-electron chi connectivity index (χ4n) is 9.36. The molecule has 0 aromatic rings. The Bertz CT molecular complexity index is 1020. The van der Waals surface area contributed by atoms with Gasteiger partial charge in [0.15, 0.2) is 0 Å². The van der Waals surface area contributed by atoms with Gasteiger partial charge in [-0.1, -0.05) is 32.4 Å². The third-order valence-corrected chi connectivity index (χ3v) is 11.2. The molecule has 1 amide bonds. The smallest absolute Gasteiger partial charge is 0.408 e. The molecule has 0 unspecified atom stereocenters. The van der Waals surface area contributed by atoms with Crippen LogP contribution in [0.2, 0.25) is 0 Å². The Balaban J connectivity index is 1.31. The second kappa shape index (κ2) is 12.3. The number of ether oxygens (including phenoxy) is 2. The van der Waals surface area contributed by atoms with Gasteiger partial charge in [0.25, 0.3) is 0 Å². The van der Waals surface area contributed by atoms with Crippen molar-refractivity contribution < 1.29 is 29.0 Å². The largest absolute Gasteiger partial charge is 0.480 e. The van der Waals surface area contributed by atoms with Crippen molar-refractivity contribution in [1.82, 2.24) is 10.6 Å². The van der Waals surface area contributed by atoms with Crippen LogP contribution in [0.15, 0.2) is 11.6 Å². The summed E-state index contributed by atoms with van der Waals surface area (Å²) in [5, 5.41) is 15.6. The minimum Gasteiger partial charge on any atom is -0.480 e. The van der Waals surface area contributed by atoms with E-state index in [0.29, 0.717) is 30.2 Å². The molecule has 4 aliphatic rings. The quantitative estimate of drug-likeness (QED) is 0.173. The number of hydrogen-bond donors (Lipinski definition) is 3. The molecule has 8 heteroatoms. The predicted molar refractivity (Wildman–Crippen MR) is 158 cm³/mol. The lowest BCUT2D eigenvalue weighted by Crippen LogP contribution is -2.51. The first-order valence-corrected chi connectivity index (χ1v) is 15.9. The normalized spacial score (nSPS) is 36.1. The van der Waals surface area contributed by atoms with Crippen LogP contribution < -0.4 is 10.6 Å². The van der Waals surface area contributed by atoms with Gasteiger partial charge in [0.05, 0.1) is 0 Å². The third kappa shape index (κ3) is 6.94. The number of fused-ring (bicyclic) bond motifs is 5. The molecule has 41 heavy (non-hydrogen) atoms. The van der Waals surface area contributed by atoms with E-state index < -0.39 is 23.7 Å². The second-order valence-corrected chi connectivity index (χ2v) is 15.0. The number of carboxylic acid groups (broad SMARTS) is 1. The van der Waals surface area contributed by atoms with Gasteiger partial charge >= 0.3 is 18.0 Å². The minimum absolute atomic E-state index is 0.0420. The Morgan fingerprint density at radius 2 is 1.83 bits per heavy atom. The Hall–Kier alpha value is -2.09. The van der Waals surface area contributed by atoms with Crippen LogP contribution in [-0.2, 0) is 19.1 Å². The zero-order valence-electron chi connectivity index (χ0n) is 26.4. The molecule has 3 fully saturated rings. The van der Waals surface area contributed by atoms with Crippen LogP contribution in [0.5, 0.6) is 0 Å². The zero-order chi connectivity index (χ0) is 30.2. The van der Waals surface area contributed by atoms with Crippen LogP contribution in [-0.4, -0.2) is 54.0 Å². The number of carbonyl (C=O) groups excluding carboxylic acids is 2. The summed E-state index contributed by atoms with van der Waals surface area (Å²) in [5.74, 6) is 2.11. The Kier molecular flexibility index (Phi) is 9.52. The number of amides is 1. The van der Waals surface area contributed by atoms with Crippen molar-refractivity contribution in [2.24, 2.45) is 40.4 Å². The summed E-state index contributed by atoms with van der Waals surface area (Å²) in [4.78, 5) is 35.3. The molecule has 9 atom stereocenters. The summed E-state index contributed by atoms with van der Waals surface area (Å²) in [6, 6.07) is -0.981. The maximum absolute atomic E-state index is 12.1. The SMILES string of the molecule is CC(=O)O[C@H]1CC[C@@]2(C)C(=CC[C@H]3[C@@H]4CC[C@H]([C@H](C)CNCC[C@H](NC(=O)OC(C)(C)C)C(=O)O)[C@@]4(C)CC[C@@H]32)C1. The molecule has 0 aliphatic heterocycles. The standard InChI is InChI=1S/C33H54N2O6/c1-20(19-34-17-14-28(29(37)38)35-30(39)41-31(3,4)5)25-10-11-26-24-9-8-22-18-23(40-21(2)36)12-15-32(22,6)27(24)13-16-33(25,26)7/h8,20,23-28,34H,9-19H2,1-7H3,(H,35,39)(H,37,38)/t20-,23+,24+,25-,26+,27+,28+,32+,33-/m1/s1. The van der Waals surface area contributed by atoms with E-state index in [2.05, 4.69) is 37.5 Å². The van der Waals surface area contributed by atoms with Crippen LogP contribution >= 0.6 is 0 Å². The van der Waals surface area contributed by atoms with E-state index in [0.717, 1.165) is 50.0 Å². The van der Waals surface area contributed by atoms with Gasteiger partial charge in [-0.15, -0.1) is 0 Å². The number of nitrogens with one attached hydrogen (secondary N) is 2. The third-order valence-electron chi connectivity index (χ3n) is 11.2. The lowest BCUT2D eigenvalue weighted by atomic mass is 9.47. The van der Waals surface area contributed by atoms with Crippen molar-refractivity contribution in [3.63, 3.8) is 0 Å². The van der Waals surface area contributed by atoms with Gasteiger partial charge in [0.1, 0.15) is 17.7 Å². The number of aliphatic carboxylic acids is 1. The van der Waals surface area contributed by atoms with Crippen molar-refractivity contribution in [2.75, 3.05) is 13.1 Å². The van der Waals surface area contributed by atoms with Crippen molar-refractivity contribution in [2.45, 2.75) is 124 Å². The Labute approximate surface area is 246 Å². The zero-order valence-corrected chi connectivity index (χ0v) is 26.4. The molecule has 8 nitrogen and oxygen atoms in total. The molecule has 0 heterocycles. The topological polar surface area (TPSA) is 114 Å². The highest BCUT2D eigenvalue weighted by molar-refractivity contribution is 5.80. The van der Waals surface area contributed by atoms with E-state index in [1.54, 1.807) is 20.8 Å². The summed E-state index contributed by atoms with van der Waals surface area (Å²) < 4.78 is 10.8. The van der Waals surface area contributed by atoms with E-state index >= 15 is 0 Å². The summed E-state index contributed by atoms with van der Waals surface area (Å²) in [6.45, 7) is 15.5. The molecule has 0 aromatic carbocycles. The van der Waals surface area contributed by atoms with E-state index in [1.807, 2.05) is 0 Å². The van der Waals surface area contributed by atoms with Gasteiger partial charge in [-0.05, 0) is 126 Å². The highest BCUT2D eigenvalue weighted by Crippen LogP contribution is 2.67. The first kappa shape index (κ1) is 31.8. The van der Waals surface area contributed by atoms with Gasteiger partial charge < -0.3 is 25.2 Å². The minimum atomic E-state index is -1.05. The molecule has 3 saturated carbocycles. The fraction of sp³-hybridized carbons (Fsp3) is 0.848. The van der Waals surface area contributed by atoms with Crippen LogP contribution in [0.3, 0.4) is 0 Å². The molecule has 0 radical (unpaired) electrons. The lowest BCUT2D eigenvalue weighted by molar-refractivity contribution is -0.148. The fourth-order valence-corrected chi connectivity index (χ4v) is 9.36. The van der Waals surface area contributed by atoms with Gasteiger partial charge in [0, 0.05) is 13.3 Å². The molecular formula is C33H54N2O6. The highest BCUT2D eigenvalue weighted by Gasteiger charge is 2.59. The lowest BCUT2D eigenvalue weighted by Gasteiger charge is -2.58. The Morgan fingerprint density at radius 1 is 1.10 bits per heavy atom. The van der Waals surface area contributed by atoms with Crippen molar-refractivity contribution in [1.29, 1.82) is 0 Å². The maximum Gasteiger partial charge on any atom is 0.408 e. The van der Waals surface area contributed by atoms with E-state index in [1.165, 1.54) is 38.2 Å². The number of alkyl carbamates (subject to hydrolysis) is 1. The molecule has 4 rings (SSSR count). The van der Waals surface area contributed by atoms with E-state index in [9.17, 15) is 19.5 Å². The average Bonchev–Trinajstić information content (AvgIpc) is 3.21. The summed E-state index contributed by atoms with van der Waals surface area (Å²) >= 11 is 0. The van der Waals surface area contributed by atoms with Crippen LogP contribution in [0.1, 0.15) is 106 Å². The number of esters is 1. The van der Waals surface area contributed by atoms with Crippen LogP contribution in [0.25, 0.3) is 0 Å². The monoisotopic (exact) mass is 574 g/mol. The molecule has 0 aromatic heterocycles. The molecule has 0 saturated heterocycles. The van der Waals surface area contributed by atoms with Crippen molar-refractivity contribution in [3.05, 3.63) is 11.6 Å². The summed E-state index contributed by atoms with van der Waals surface area (Å²) in [7, 11) is 0. The number of hydrogen-bond acceptors (Lipinski definition) is 6. The average molecular weight is 575 g/mol. The highest BCUT2D eigenvalue weighted by atomic mass is 16.6. The van der Waals surface area contributed by atoms with Gasteiger partial charge in [-0.3, -0.25) is 4.79 Å². The van der Waals surface area contributed by atoms with Gasteiger partial charge in [-0.25, -0.2) is 9.59 Å². The first-order chi connectivity index (χ1) is 19.1. The maximum atomic E-state index is 12.1. The number of carbonyl (C=O) groups is 3. The molecule has 0 spiro atoms. The number of rotatable bonds is 9. The van der Waals surface area contributed by atoms with Crippen molar-refractivity contribution in [3.8, 4) is 0 Å². The first-order valence-electron chi connectivity index (χ1n) is 15.9. The van der Waals surface area contributed by atoms with E-state index in [4.69, 9.17) is 9.47 Å². The van der Waals surface area contributed by atoms with E-state index in [-0.39, 0.29) is 17.5 Å². The molecule has 3 N–H and O–H groups in total. The number of carboxylic acids is 1. The second-order valence-electron chi connectivity index (χ2n) is 15.0. The molecule has 4 aliphatic carbocycles. The van der Waals surface area contributed by atoms with Crippen LogP contribution in [0.4, 0.5) is 4.79 Å². The summed E-state index contributed by atoms with van der Waals surface area (Å²) in [5.41, 5.74) is 1.43. The molecule has 232 valence electrons. The van der Waals surface area contributed by atoms with Crippen LogP contribution in [0, 0.1) is 40.4 Å².